The van der Waals surface area contributed by atoms with Gasteiger partial charge in [0.15, 0.2) is 0 Å². The third kappa shape index (κ3) is 3.85. The van der Waals surface area contributed by atoms with Gasteiger partial charge < -0.3 is 14.7 Å². The Morgan fingerprint density at radius 1 is 1.32 bits per heavy atom. The van der Waals surface area contributed by atoms with Gasteiger partial charge in [-0.1, -0.05) is 29.8 Å². The highest BCUT2D eigenvalue weighted by molar-refractivity contribution is 5.83. The second kappa shape index (κ2) is 7.40. The molecule has 2 atom stereocenters. The van der Waals surface area contributed by atoms with E-state index in [1.54, 1.807) is 6.92 Å². The van der Waals surface area contributed by atoms with Gasteiger partial charge in [-0.15, -0.1) is 0 Å². The lowest BCUT2D eigenvalue weighted by Crippen LogP contribution is -2.43. The fourth-order valence-corrected chi connectivity index (χ4v) is 2.86. The number of rotatable bonds is 5. The van der Waals surface area contributed by atoms with Crippen LogP contribution in [0, 0.1) is 12.8 Å². The lowest BCUT2D eigenvalue weighted by molar-refractivity contribution is -0.151. The molecule has 5 nitrogen and oxygen atoms in total. The van der Waals surface area contributed by atoms with E-state index in [9.17, 15) is 9.59 Å². The molecule has 1 aromatic carbocycles. The first-order valence-corrected chi connectivity index (χ1v) is 7.71. The van der Waals surface area contributed by atoms with E-state index in [0.29, 0.717) is 13.2 Å². The molecule has 22 heavy (non-hydrogen) atoms. The van der Waals surface area contributed by atoms with E-state index in [1.165, 1.54) is 4.90 Å². The van der Waals surface area contributed by atoms with Crippen LogP contribution in [0.25, 0.3) is 0 Å². The molecule has 1 aliphatic rings. The van der Waals surface area contributed by atoms with Crippen molar-refractivity contribution in [3.8, 4) is 0 Å². The number of carbonyl (C=O) groups excluding carboxylic acids is 1. The van der Waals surface area contributed by atoms with Gasteiger partial charge in [-0.2, -0.15) is 0 Å². The molecule has 5 heteroatoms. The predicted octanol–water partition coefficient (Wildman–Crippen LogP) is 2.40. The molecule has 0 spiro atoms. The zero-order valence-corrected chi connectivity index (χ0v) is 13.1. The Morgan fingerprint density at radius 3 is 2.59 bits per heavy atom. The quantitative estimate of drug-likeness (QED) is 0.907. The van der Waals surface area contributed by atoms with E-state index >= 15 is 0 Å². The second-order valence-corrected chi connectivity index (χ2v) is 5.70. The zero-order chi connectivity index (χ0) is 16.1. The van der Waals surface area contributed by atoms with Crippen LogP contribution < -0.4 is 0 Å². The van der Waals surface area contributed by atoms with Gasteiger partial charge in [0.25, 0.3) is 0 Å². The molecule has 1 saturated heterocycles. The van der Waals surface area contributed by atoms with Crippen LogP contribution in [-0.4, -0.2) is 41.6 Å². The lowest BCUT2D eigenvalue weighted by atomic mass is 9.88. The summed E-state index contributed by atoms with van der Waals surface area (Å²) >= 11 is 0. The van der Waals surface area contributed by atoms with Gasteiger partial charge in [0.1, 0.15) is 6.54 Å². The Bertz CT molecular complexity index is 526. The molecule has 1 heterocycles. The van der Waals surface area contributed by atoms with Crippen molar-refractivity contribution in [1.29, 1.82) is 0 Å². The summed E-state index contributed by atoms with van der Waals surface area (Å²) in [6.07, 6.45) is 1.27. The van der Waals surface area contributed by atoms with Gasteiger partial charge in [-0.3, -0.25) is 9.59 Å². The van der Waals surface area contributed by atoms with E-state index in [1.807, 2.05) is 31.2 Å². The molecular formula is C17H23NO4. The third-order valence-corrected chi connectivity index (χ3v) is 4.06. The number of benzene rings is 1. The van der Waals surface area contributed by atoms with Crippen molar-refractivity contribution in [2.75, 3.05) is 19.7 Å². The number of ether oxygens (including phenoxy) is 1. The number of amides is 1. The van der Waals surface area contributed by atoms with E-state index < -0.39 is 5.97 Å². The summed E-state index contributed by atoms with van der Waals surface area (Å²) in [4.78, 5) is 25.0. The molecule has 0 aromatic heterocycles. The van der Waals surface area contributed by atoms with Gasteiger partial charge in [-0.25, -0.2) is 0 Å². The normalized spacial score (nSPS) is 21.4. The summed E-state index contributed by atoms with van der Waals surface area (Å²) in [6.45, 7) is 4.58. The minimum Gasteiger partial charge on any atom is -0.480 e. The highest BCUT2D eigenvalue weighted by Gasteiger charge is 2.35. The van der Waals surface area contributed by atoms with Crippen molar-refractivity contribution in [3.63, 3.8) is 0 Å². The molecular weight excluding hydrogens is 282 g/mol. The van der Waals surface area contributed by atoms with Crippen LogP contribution in [0.4, 0.5) is 0 Å². The van der Waals surface area contributed by atoms with Gasteiger partial charge in [-0.05, 0) is 32.3 Å². The lowest BCUT2D eigenvalue weighted by Gasteiger charge is -2.34. The van der Waals surface area contributed by atoms with E-state index in [-0.39, 0.29) is 24.5 Å². The molecule has 0 radical (unpaired) electrons. The molecule has 0 saturated carbocycles. The summed E-state index contributed by atoms with van der Waals surface area (Å²) in [5, 5.41) is 8.95. The van der Waals surface area contributed by atoms with Crippen LogP contribution in [0.5, 0.6) is 0 Å². The SMILES string of the molecule is CCN(CC(=O)O)C(=O)C1CCCOC1c1ccc(C)cc1. The minimum atomic E-state index is -0.987. The number of likely N-dealkylation sites (N-methyl/N-ethyl adjacent to an activating group) is 1. The van der Waals surface area contributed by atoms with Crippen molar-refractivity contribution in [1.82, 2.24) is 4.90 Å². The number of carbonyl (C=O) groups is 2. The van der Waals surface area contributed by atoms with Crippen molar-refractivity contribution in [3.05, 3.63) is 35.4 Å². The summed E-state index contributed by atoms with van der Waals surface area (Å²) in [7, 11) is 0. The maximum atomic E-state index is 12.7. The fraction of sp³-hybridized carbons (Fsp3) is 0.529. The zero-order valence-electron chi connectivity index (χ0n) is 13.1. The molecule has 1 fully saturated rings. The van der Waals surface area contributed by atoms with Gasteiger partial charge in [0.05, 0.1) is 12.0 Å². The van der Waals surface area contributed by atoms with Gasteiger partial charge in [0.2, 0.25) is 5.91 Å². The van der Waals surface area contributed by atoms with E-state index in [4.69, 9.17) is 9.84 Å². The highest BCUT2D eigenvalue weighted by Crippen LogP contribution is 2.35. The maximum Gasteiger partial charge on any atom is 0.323 e. The Morgan fingerprint density at radius 2 is 2.00 bits per heavy atom. The number of hydrogen-bond donors (Lipinski definition) is 1. The van der Waals surface area contributed by atoms with Crippen molar-refractivity contribution < 1.29 is 19.4 Å². The molecule has 1 amide bonds. The molecule has 1 aliphatic heterocycles. The standard InChI is InChI=1S/C17H23NO4/c1-3-18(11-15(19)20)17(21)14-5-4-10-22-16(14)13-8-6-12(2)7-9-13/h6-9,14,16H,3-5,10-11H2,1-2H3,(H,19,20). The smallest absolute Gasteiger partial charge is 0.323 e. The average Bonchev–Trinajstić information content (AvgIpc) is 2.52. The van der Waals surface area contributed by atoms with Crippen molar-refractivity contribution >= 4 is 11.9 Å². The number of carboxylic acids is 1. The van der Waals surface area contributed by atoms with Crippen LogP contribution in [0.2, 0.25) is 0 Å². The van der Waals surface area contributed by atoms with Crippen LogP contribution >= 0.6 is 0 Å². The number of nitrogens with zero attached hydrogens (tertiary/aromatic N) is 1. The summed E-state index contributed by atoms with van der Waals surface area (Å²) in [5.41, 5.74) is 2.14. The molecule has 1 N–H and O–H groups in total. The molecule has 2 rings (SSSR count). The number of aryl methyl sites for hydroxylation is 1. The van der Waals surface area contributed by atoms with E-state index in [0.717, 1.165) is 24.0 Å². The van der Waals surface area contributed by atoms with Crippen molar-refractivity contribution in [2.45, 2.75) is 32.8 Å². The molecule has 0 bridgehead atoms. The monoisotopic (exact) mass is 305 g/mol. The first kappa shape index (κ1) is 16.5. The number of hydrogen-bond acceptors (Lipinski definition) is 3. The third-order valence-electron chi connectivity index (χ3n) is 4.06. The Kier molecular flexibility index (Phi) is 5.55. The van der Waals surface area contributed by atoms with Gasteiger partial charge >= 0.3 is 5.97 Å². The Balaban J connectivity index is 2.19. The summed E-state index contributed by atoms with van der Waals surface area (Å²) in [5.74, 6) is -1.43. The molecule has 2 unspecified atom stereocenters. The predicted molar refractivity (Wildman–Crippen MR) is 82.5 cm³/mol. The Hall–Kier alpha value is -1.88. The minimum absolute atomic E-state index is 0.129. The van der Waals surface area contributed by atoms with Crippen LogP contribution in [0.3, 0.4) is 0 Å². The fourth-order valence-electron chi connectivity index (χ4n) is 2.86. The number of carboxylic acid groups (broad SMARTS) is 1. The van der Waals surface area contributed by atoms with Crippen LogP contribution in [0.15, 0.2) is 24.3 Å². The largest absolute Gasteiger partial charge is 0.480 e. The molecule has 120 valence electrons. The molecule has 0 aliphatic carbocycles. The van der Waals surface area contributed by atoms with Gasteiger partial charge in [0, 0.05) is 13.2 Å². The topological polar surface area (TPSA) is 66.8 Å². The highest BCUT2D eigenvalue weighted by atomic mass is 16.5. The average molecular weight is 305 g/mol. The first-order valence-electron chi connectivity index (χ1n) is 7.71. The number of aliphatic carboxylic acids is 1. The summed E-state index contributed by atoms with van der Waals surface area (Å²) < 4.78 is 5.84. The van der Waals surface area contributed by atoms with Crippen LogP contribution in [-0.2, 0) is 14.3 Å². The van der Waals surface area contributed by atoms with E-state index in [2.05, 4.69) is 0 Å². The summed E-state index contributed by atoms with van der Waals surface area (Å²) in [6, 6.07) is 7.98. The molecule has 1 aromatic rings. The first-order chi connectivity index (χ1) is 10.5. The van der Waals surface area contributed by atoms with Crippen LogP contribution in [0.1, 0.15) is 37.0 Å². The maximum absolute atomic E-state index is 12.7. The Labute approximate surface area is 130 Å². The van der Waals surface area contributed by atoms with Crippen molar-refractivity contribution in [2.24, 2.45) is 5.92 Å². The second-order valence-electron chi connectivity index (χ2n) is 5.70.